The summed E-state index contributed by atoms with van der Waals surface area (Å²) < 4.78 is 0. The molecule has 3 nitrogen and oxygen atoms in total. The van der Waals surface area contributed by atoms with E-state index in [2.05, 4.69) is 19.2 Å². The van der Waals surface area contributed by atoms with Crippen LogP contribution in [-0.4, -0.2) is 17.1 Å². The number of carbonyl (C=O) groups is 1. The Kier molecular flexibility index (Phi) is 4.99. The van der Waals surface area contributed by atoms with Gasteiger partial charge in [0.05, 0.1) is 6.42 Å². The maximum absolute atomic E-state index is 10.6. The zero-order chi connectivity index (χ0) is 13.8. The molecule has 1 aliphatic rings. The number of carboxylic acids is 1. The third kappa shape index (κ3) is 3.80. The molecule has 1 heterocycles. The van der Waals surface area contributed by atoms with Crippen molar-refractivity contribution < 1.29 is 9.90 Å². The largest absolute Gasteiger partial charge is 0.481 e. The molecule has 0 spiro atoms. The van der Waals surface area contributed by atoms with Gasteiger partial charge in [-0.25, -0.2) is 0 Å². The summed E-state index contributed by atoms with van der Waals surface area (Å²) in [5.74, 6) is 0.864. The van der Waals surface area contributed by atoms with Crippen LogP contribution in [0.3, 0.4) is 0 Å². The fraction of sp³-hybridized carbons (Fsp3) is 0.667. The zero-order valence-corrected chi connectivity index (χ0v) is 12.5. The normalized spacial score (nSPS) is 26.7. The van der Waals surface area contributed by atoms with Gasteiger partial charge in [0.1, 0.15) is 0 Å². The minimum absolute atomic E-state index is 0.141. The second-order valence-corrected chi connectivity index (χ2v) is 6.78. The van der Waals surface area contributed by atoms with Crippen LogP contribution >= 0.6 is 11.3 Å². The van der Waals surface area contributed by atoms with E-state index in [0.717, 1.165) is 23.3 Å². The fourth-order valence-electron chi connectivity index (χ4n) is 3.10. The number of hydrogen-bond donors (Lipinski definition) is 2. The summed E-state index contributed by atoms with van der Waals surface area (Å²) in [7, 11) is 0. The molecule has 19 heavy (non-hydrogen) atoms. The fourth-order valence-corrected chi connectivity index (χ4v) is 4.06. The molecule has 4 heteroatoms. The van der Waals surface area contributed by atoms with Crippen LogP contribution in [0.25, 0.3) is 0 Å². The SMILES string of the molecule is CCC1CCC(NCc2ccc(CC(=O)O)s2)C1C. The first kappa shape index (κ1) is 14.5. The van der Waals surface area contributed by atoms with Crippen molar-refractivity contribution in [3.63, 3.8) is 0 Å². The van der Waals surface area contributed by atoms with Gasteiger partial charge in [-0.3, -0.25) is 4.79 Å². The first-order valence-electron chi connectivity index (χ1n) is 7.13. The summed E-state index contributed by atoms with van der Waals surface area (Å²) in [6.07, 6.45) is 4.03. The van der Waals surface area contributed by atoms with Gasteiger partial charge >= 0.3 is 5.97 Å². The summed E-state index contributed by atoms with van der Waals surface area (Å²) in [5.41, 5.74) is 0. The van der Waals surface area contributed by atoms with Gasteiger partial charge in [0.15, 0.2) is 0 Å². The number of thiophene rings is 1. The third-order valence-corrected chi connectivity index (χ3v) is 5.42. The predicted octanol–water partition coefficient (Wildman–Crippen LogP) is 3.29. The summed E-state index contributed by atoms with van der Waals surface area (Å²) in [5, 5.41) is 12.4. The van der Waals surface area contributed by atoms with Crippen LogP contribution in [0.1, 0.15) is 42.9 Å². The smallest absolute Gasteiger partial charge is 0.308 e. The van der Waals surface area contributed by atoms with Gasteiger partial charge < -0.3 is 10.4 Å². The molecular weight excluding hydrogens is 258 g/mol. The number of aliphatic carboxylic acids is 1. The van der Waals surface area contributed by atoms with Crippen LogP contribution in [-0.2, 0) is 17.8 Å². The monoisotopic (exact) mass is 281 g/mol. The second kappa shape index (κ2) is 6.53. The van der Waals surface area contributed by atoms with E-state index < -0.39 is 5.97 Å². The Bertz CT molecular complexity index is 430. The second-order valence-electron chi connectivity index (χ2n) is 5.53. The molecule has 0 aromatic carbocycles. The third-order valence-electron chi connectivity index (χ3n) is 4.33. The van der Waals surface area contributed by atoms with E-state index in [1.807, 2.05) is 12.1 Å². The molecule has 1 aromatic heterocycles. The Balaban J connectivity index is 1.82. The highest BCUT2D eigenvalue weighted by atomic mass is 32.1. The maximum Gasteiger partial charge on any atom is 0.308 e. The van der Waals surface area contributed by atoms with Crippen molar-refractivity contribution in [2.45, 2.75) is 52.1 Å². The summed E-state index contributed by atoms with van der Waals surface area (Å²) in [6, 6.07) is 4.60. The van der Waals surface area contributed by atoms with Crippen LogP contribution in [0, 0.1) is 11.8 Å². The van der Waals surface area contributed by atoms with Gasteiger partial charge in [0, 0.05) is 22.3 Å². The summed E-state index contributed by atoms with van der Waals surface area (Å²) >= 11 is 1.61. The van der Waals surface area contributed by atoms with E-state index in [1.54, 1.807) is 11.3 Å². The molecule has 2 rings (SSSR count). The Morgan fingerprint density at radius 3 is 2.79 bits per heavy atom. The van der Waals surface area contributed by atoms with Crippen molar-refractivity contribution in [3.8, 4) is 0 Å². The number of nitrogens with one attached hydrogen (secondary N) is 1. The molecule has 0 radical (unpaired) electrons. The minimum Gasteiger partial charge on any atom is -0.481 e. The van der Waals surface area contributed by atoms with Crippen molar-refractivity contribution in [2.24, 2.45) is 11.8 Å². The van der Waals surface area contributed by atoms with Crippen LogP contribution in [0.4, 0.5) is 0 Å². The summed E-state index contributed by atoms with van der Waals surface area (Å²) in [6.45, 7) is 5.50. The van der Waals surface area contributed by atoms with Crippen LogP contribution < -0.4 is 5.32 Å². The molecule has 0 amide bonds. The van der Waals surface area contributed by atoms with Gasteiger partial charge in [-0.15, -0.1) is 11.3 Å². The van der Waals surface area contributed by atoms with Gasteiger partial charge in [0.25, 0.3) is 0 Å². The molecule has 2 N–H and O–H groups in total. The van der Waals surface area contributed by atoms with Gasteiger partial charge in [-0.2, -0.15) is 0 Å². The Morgan fingerprint density at radius 1 is 1.42 bits per heavy atom. The Hall–Kier alpha value is -0.870. The van der Waals surface area contributed by atoms with Crippen LogP contribution in [0.5, 0.6) is 0 Å². The molecule has 0 saturated heterocycles. The van der Waals surface area contributed by atoms with Crippen molar-refractivity contribution >= 4 is 17.3 Å². The highest BCUT2D eigenvalue weighted by molar-refractivity contribution is 7.12. The first-order valence-corrected chi connectivity index (χ1v) is 7.94. The minimum atomic E-state index is -0.753. The van der Waals surface area contributed by atoms with E-state index in [-0.39, 0.29) is 6.42 Å². The quantitative estimate of drug-likeness (QED) is 0.841. The average Bonchev–Trinajstić information content (AvgIpc) is 2.93. The number of hydrogen-bond acceptors (Lipinski definition) is 3. The Labute approximate surface area is 119 Å². The lowest BCUT2D eigenvalue weighted by molar-refractivity contribution is -0.136. The van der Waals surface area contributed by atoms with Gasteiger partial charge in [-0.1, -0.05) is 20.3 Å². The standard InChI is InChI=1S/C15H23NO2S/c1-3-11-4-7-14(10(11)2)16-9-13-6-5-12(19-13)8-15(17)18/h5-6,10-11,14,16H,3-4,7-9H2,1-2H3,(H,17,18). The molecule has 1 aromatic rings. The van der Waals surface area contributed by atoms with E-state index in [9.17, 15) is 4.79 Å². The zero-order valence-electron chi connectivity index (χ0n) is 11.7. The van der Waals surface area contributed by atoms with Crippen molar-refractivity contribution in [1.82, 2.24) is 5.32 Å². The van der Waals surface area contributed by atoms with Crippen molar-refractivity contribution in [3.05, 3.63) is 21.9 Å². The van der Waals surface area contributed by atoms with Gasteiger partial charge in [0.2, 0.25) is 0 Å². The average molecular weight is 281 g/mol. The van der Waals surface area contributed by atoms with Crippen LogP contribution in [0.15, 0.2) is 12.1 Å². The number of carboxylic acid groups (broad SMARTS) is 1. The predicted molar refractivity (Wildman–Crippen MR) is 78.5 cm³/mol. The molecule has 1 saturated carbocycles. The Morgan fingerprint density at radius 2 is 2.16 bits per heavy atom. The number of rotatable bonds is 6. The highest BCUT2D eigenvalue weighted by Crippen LogP contribution is 2.34. The molecule has 1 fully saturated rings. The maximum atomic E-state index is 10.6. The summed E-state index contributed by atoms with van der Waals surface area (Å²) in [4.78, 5) is 12.8. The molecule has 3 unspecified atom stereocenters. The lowest BCUT2D eigenvalue weighted by atomic mass is 9.93. The molecule has 106 valence electrons. The lowest BCUT2D eigenvalue weighted by Crippen LogP contribution is -2.31. The van der Waals surface area contributed by atoms with E-state index >= 15 is 0 Å². The van der Waals surface area contributed by atoms with Gasteiger partial charge in [-0.05, 0) is 36.8 Å². The van der Waals surface area contributed by atoms with Crippen molar-refractivity contribution in [1.29, 1.82) is 0 Å². The molecule has 1 aliphatic carbocycles. The van der Waals surface area contributed by atoms with E-state index in [1.165, 1.54) is 24.1 Å². The molecular formula is C15H23NO2S. The topological polar surface area (TPSA) is 49.3 Å². The molecule has 0 bridgehead atoms. The molecule has 3 atom stereocenters. The van der Waals surface area contributed by atoms with E-state index in [0.29, 0.717) is 6.04 Å². The van der Waals surface area contributed by atoms with Crippen molar-refractivity contribution in [2.75, 3.05) is 0 Å². The lowest BCUT2D eigenvalue weighted by Gasteiger charge is -2.20. The molecule has 0 aliphatic heterocycles. The first-order chi connectivity index (χ1) is 9.10. The van der Waals surface area contributed by atoms with E-state index in [4.69, 9.17) is 5.11 Å². The highest BCUT2D eigenvalue weighted by Gasteiger charge is 2.30. The van der Waals surface area contributed by atoms with Crippen LogP contribution in [0.2, 0.25) is 0 Å².